The highest BCUT2D eigenvalue weighted by atomic mass is 35.5. The Kier molecular flexibility index (Phi) is 4.28. The van der Waals surface area contributed by atoms with E-state index in [-0.39, 0.29) is 18.2 Å². The van der Waals surface area contributed by atoms with Crippen LogP contribution in [0.2, 0.25) is 5.02 Å². The van der Waals surface area contributed by atoms with Crippen molar-refractivity contribution in [3.05, 3.63) is 33.3 Å². The lowest BCUT2D eigenvalue weighted by Crippen LogP contribution is -2.37. The predicted molar refractivity (Wildman–Crippen MR) is 72.1 cm³/mol. The van der Waals surface area contributed by atoms with Crippen LogP contribution in [-0.2, 0) is 10.0 Å². The van der Waals surface area contributed by atoms with Gasteiger partial charge in [0.15, 0.2) is 4.90 Å². The van der Waals surface area contributed by atoms with E-state index in [2.05, 4.69) is 0 Å². The Labute approximate surface area is 121 Å². The fourth-order valence-corrected chi connectivity index (χ4v) is 4.28. The normalized spacial score (nSPS) is 20.2. The molecular weight excluding hydrogens is 308 g/mol. The first-order chi connectivity index (χ1) is 9.37. The van der Waals surface area contributed by atoms with E-state index in [0.29, 0.717) is 12.8 Å². The van der Waals surface area contributed by atoms with Gasteiger partial charge in [0.2, 0.25) is 10.0 Å². The van der Waals surface area contributed by atoms with Crippen LogP contribution in [0.3, 0.4) is 0 Å². The maximum absolute atomic E-state index is 12.5. The lowest BCUT2D eigenvalue weighted by atomic mass is 10.2. The molecule has 1 aromatic rings. The van der Waals surface area contributed by atoms with Crippen LogP contribution in [0, 0.1) is 10.1 Å². The maximum Gasteiger partial charge on any atom is 0.290 e. The smallest absolute Gasteiger partial charge is 0.290 e. The Morgan fingerprint density at radius 3 is 2.80 bits per heavy atom. The van der Waals surface area contributed by atoms with Gasteiger partial charge in [0.05, 0.1) is 11.5 Å². The second kappa shape index (κ2) is 5.65. The predicted octanol–water partition coefficient (Wildman–Crippen LogP) is 1.39. The first-order valence-corrected chi connectivity index (χ1v) is 7.76. The van der Waals surface area contributed by atoms with Crippen LogP contribution in [0.4, 0.5) is 5.69 Å². The van der Waals surface area contributed by atoms with Crippen LogP contribution in [0.5, 0.6) is 0 Å². The number of hydrogen-bond acceptors (Lipinski definition) is 5. The van der Waals surface area contributed by atoms with Crippen molar-refractivity contribution in [1.29, 1.82) is 0 Å². The number of benzene rings is 1. The Morgan fingerprint density at radius 2 is 2.20 bits per heavy atom. The monoisotopic (exact) mass is 320 g/mol. The van der Waals surface area contributed by atoms with E-state index in [1.807, 2.05) is 0 Å². The molecule has 0 saturated carbocycles. The van der Waals surface area contributed by atoms with Crippen LogP contribution in [0.15, 0.2) is 23.1 Å². The number of rotatable bonds is 4. The van der Waals surface area contributed by atoms with E-state index in [4.69, 9.17) is 11.6 Å². The van der Waals surface area contributed by atoms with Crippen molar-refractivity contribution in [3.8, 4) is 0 Å². The zero-order valence-electron chi connectivity index (χ0n) is 10.4. The topological polar surface area (TPSA) is 101 Å². The Hall–Kier alpha value is -1.22. The van der Waals surface area contributed by atoms with Gasteiger partial charge in [-0.15, -0.1) is 0 Å². The molecule has 1 N–H and O–H groups in total. The molecular formula is C11H13ClN2O5S. The molecule has 110 valence electrons. The molecule has 1 atom stereocenters. The van der Waals surface area contributed by atoms with E-state index in [1.54, 1.807) is 0 Å². The second-order valence-corrected chi connectivity index (χ2v) is 6.76. The molecule has 1 heterocycles. The SMILES string of the molecule is O=[N+]([O-])c1cc(Cl)ccc1S(=O)(=O)N1CCC[C@@H]1CO. The lowest BCUT2D eigenvalue weighted by Gasteiger charge is -2.22. The van der Waals surface area contributed by atoms with Gasteiger partial charge < -0.3 is 5.11 Å². The fraction of sp³-hybridized carbons (Fsp3) is 0.455. The third-order valence-electron chi connectivity index (χ3n) is 3.24. The van der Waals surface area contributed by atoms with E-state index < -0.39 is 31.6 Å². The number of sulfonamides is 1. The molecule has 0 aromatic heterocycles. The van der Waals surface area contributed by atoms with Crippen LogP contribution in [0.1, 0.15) is 12.8 Å². The number of nitro benzene ring substituents is 1. The molecule has 0 aliphatic carbocycles. The summed E-state index contributed by atoms with van der Waals surface area (Å²) in [4.78, 5) is 9.83. The summed E-state index contributed by atoms with van der Waals surface area (Å²) < 4.78 is 26.1. The molecule has 1 aromatic carbocycles. The summed E-state index contributed by atoms with van der Waals surface area (Å²) in [5.74, 6) is 0. The van der Waals surface area contributed by atoms with Crippen LogP contribution in [-0.4, -0.2) is 41.9 Å². The highest BCUT2D eigenvalue weighted by molar-refractivity contribution is 7.89. The molecule has 0 bridgehead atoms. The highest BCUT2D eigenvalue weighted by Crippen LogP contribution is 2.32. The van der Waals surface area contributed by atoms with Gasteiger partial charge in [-0.3, -0.25) is 10.1 Å². The zero-order chi connectivity index (χ0) is 14.9. The second-order valence-electron chi connectivity index (χ2n) is 4.46. The number of halogens is 1. The maximum atomic E-state index is 12.5. The molecule has 0 radical (unpaired) electrons. The summed E-state index contributed by atoms with van der Waals surface area (Å²) in [5, 5.41) is 20.3. The van der Waals surface area contributed by atoms with E-state index in [9.17, 15) is 23.6 Å². The van der Waals surface area contributed by atoms with E-state index >= 15 is 0 Å². The molecule has 7 nitrogen and oxygen atoms in total. The molecule has 1 fully saturated rings. The van der Waals surface area contributed by atoms with Crippen molar-refractivity contribution in [2.75, 3.05) is 13.2 Å². The van der Waals surface area contributed by atoms with Crippen LogP contribution < -0.4 is 0 Å². The van der Waals surface area contributed by atoms with Crippen molar-refractivity contribution in [2.45, 2.75) is 23.8 Å². The molecule has 20 heavy (non-hydrogen) atoms. The number of nitrogens with zero attached hydrogens (tertiary/aromatic N) is 2. The average molecular weight is 321 g/mol. The highest BCUT2D eigenvalue weighted by Gasteiger charge is 2.38. The molecule has 0 unspecified atom stereocenters. The molecule has 1 aliphatic rings. The summed E-state index contributed by atoms with van der Waals surface area (Å²) in [6.45, 7) is -0.0615. The van der Waals surface area contributed by atoms with Crippen molar-refractivity contribution >= 4 is 27.3 Å². The Bertz CT molecular complexity index is 634. The summed E-state index contributed by atoms with van der Waals surface area (Å²) in [6.07, 6.45) is 1.16. The van der Waals surface area contributed by atoms with Gasteiger partial charge in [-0.05, 0) is 25.0 Å². The number of aliphatic hydroxyl groups is 1. The fourth-order valence-electron chi connectivity index (χ4n) is 2.29. The van der Waals surface area contributed by atoms with Gasteiger partial charge in [-0.1, -0.05) is 11.6 Å². The first kappa shape index (κ1) is 15.2. The van der Waals surface area contributed by atoms with Gasteiger partial charge in [-0.25, -0.2) is 8.42 Å². The summed E-state index contributed by atoms with van der Waals surface area (Å²) in [5.41, 5.74) is -0.555. The van der Waals surface area contributed by atoms with Gasteiger partial charge >= 0.3 is 0 Å². The minimum absolute atomic E-state index is 0.0933. The minimum atomic E-state index is -4.02. The largest absolute Gasteiger partial charge is 0.395 e. The van der Waals surface area contributed by atoms with Crippen molar-refractivity contribution in [1.82, 2.24) is 4.31 Å². The van der Waals surface area contributed by atoms with Gasteiger partial charge in [0.1, 0.15) is 0 Å². The van der Waals surface area contributed by atoms with Crippen LogP contribution >= 0.6 is 11.6 Å². The van der Waals surface area contributed by atoms with Crippen LogP contribution in [0.25, 0.3) is 0 Å². The molecule has 0 spiro atoms. The summed E-state index contributed by atoms with van der Waals surface area (Å²) >= 11 is 5.67. The molecule has 2 rings (SSSR count). The third kappa shape index (κ3) is 2.64. The Balaban J connectivity index is 2.52. The van der Waals surface area contributed by atoms with Gasteiger partial charge in [-0.2, -0.15) is 4.31 Å². The van der Waals surface area contributed by atoms with Gasteiger partial charge in [0, 0.05) is 23.7 Å². The van der Waals surface area contributed by atoms with Crippen molar-refractivity contribution < 1.29 is 18.4 Å². The first-order valence-electron chi connectivity index (χ1n) is 5.94. The average Bonchev–Trinajstić information content (AvgIpc) is 2.87. The number of aliphatic hydroxyl groups excluding tert-OH is 1. The minimum Gasteiger partial charge on any atom is -0.395 e. The number of hydrogen-bond donors (Lipinski definition) is 1. The standard InChI is InChI=1S/C11H13ClN2O5S/c12-8-3-4-11(10(6-8)14(16)17)20(18,19)13-5-1-2-9(13)7-15/h3-4,6,9,15H,1-2,5,7H2/t9-/m1/s1. The van der Waals surface area contributed by atoms with Gasteiger partial charge in [0.25, 0.3) is 5.69 Å². The quantitative estimate of drug-likeness (QED) is 0.667. The lowest BCUT2D eigenvalue weighted by molar-refractivity contribution is -0.387. The molecule has 0 amide bonds. The van der Waals surface area contributed by atoms with E-state index in [1.165, 1.54) is 6.07 Å². The Morgan fingerprint density at radius 1 is 1.50 bits per heavy atom. The van der Waals surface area contributed by atoms with Crippen molar-refractivity contribution in [2.24, 2.45) is 0 Å². The molecule has 1 saturated heterocycles. The molecule has 9 heteroatoms. The molecule has 1 aliphatic heterocycles. The number of nitro groups is 1. The zero-order valence-corrected chi connectivity index (χ0v) is 12.0. The summed E-state index contributed by atoms with van der Waals surface area (Å²) in [7, 11) is -4.02. The summed E-state index contributed by atoms with van der Waals surface area (Å²) in [6, 6.07) is 2.90. The van der Waals surface area contributed by atoms with Crippen molar-refractivity contribution in [3.63, 3.8) is 0 Å². The third-order valence-corrected chi connectivity index (χ3v) is 5.47. The van der Waals surface area contributed by atoms with E-state index in [0.717, 1.165) is 16.4 Å².